The second-order valence-electron chi connectivity index (χ2n) is 13.7. The summed E-state index contributed by atoms with van der Waals surface area (Å²) in [6.07, 6.45) is 0.713. The van der Waals surface area contributed by atoms with Gasteiger partial charge >= 0.3 is 0 Å². The van der Waals surface area contributed by atoms with E-state index in [0.29, 0.717) is 64.1 Å². The first kappa shape index (κ1) is 29.9. The molecule has 44 heavy (non-hydrogen) atoms. The predicted octanol–water partition coefficient (Wildman–Crippen LogP) is -0.309. The van der Waals surface area contributed by atoms with Crippen molar-refractivity contribution in [1.29, 1.82) is 0 Å². The Labute approximate surface area is 255 Å². The highest BCUT2D eigenvalue weighted by Crippen LogP contribution is 2.67. The molecule has 0 radical (unpaired) electrons. The normalized spacial score (nSPS) is 37.4. The molecular formula is C31H42N4O9. The maximum Gasteiger partial charge on any atom is 0.228 e. The molecule has 7 atom stereocenters. The maximum atomic E-state index is 14.4. The number of nitrogens with zero attached hydrogens (tertiary/aromatic N) is 3. The molecule has 13 heteroatoms. The fraction of sp³-hybridized carbons (Fsp3) is 0.677. The number of fused-ring (bicyclic) bond motifs is 2. The number of hydrogen-bond donors (Lipinski definition) is 5. The Balaban J connectivity index is 1.28. The topological polar surface area (TPSA) is 182 Å². The number of phenolic OH excluding ortho intramolecular Hbond substituents is 1. The molecule has 3 saturated heterocycles. The SMILES string of the molecule is CN(C)c1cc(CN2CCC3(CC2)OCCO3)c(O)c2c1C[C@H]1C[C@H]3[C@H](N(C)C)C(O)C(C(N)=O)C4(O)O[C@]34C(=O)C1=C2O. The fourth-order valence-corrected chi connectivity index (χ4v) is 8.96. The predicted molar refractivity (Wildman–Crippen MR) is 156 cm³/mol. The Bertz CT molecular complexity index is 1450. The number of aromatic hydroxyl groups is 1. The van der Waals surface area contributed by atoms with Gasteiger partial charge in [-0.1, -0.05) is 0 Å². The van der Waals surface area contributed by atoms with Gasteiger partial charge < -0.3 is 50.2 Å². The minimum atomic E-state index is -2.29. The van der Waals surface area contributed by atoms with E-state index in [4.69, 9.17) is 19.9 Å². The number of piperidine rings is 1. The minimum Gasteiger partial charge on any atom is -0.507 e. The van der Waals surface area contributed by atoms with Crippen molar-refractivity contribution in [2.75, 3.05) is 59.4 Å². The van der Waals surface area contributed by atoms with Gasteiger partial charge in [-0.3, -0.25) is 14.5 Å². The van der Waals surface area contributed by atoms with E-state index >= 15 is 0 Å². The van der Waals surface area contributed by atoms with Gasteiger partial charge in [0.25, 0.3) is 0 Å². The number of likely N-dealkylation sites (tertiary alicyclic amines) is 1. The Kier molecular flexibility index (Phi) is 6.70. The van der Waals surface area contributed by atoms with Gasteiger partial charge in [0.1, 0.15) is 17.4 Å². The molecule has 0 bridgehead atoms. The number of likely N-dealkylation sites (N-methyl/N-ethyl adjacent to an activating group) is 1. The molecule has 1 amide bonds. The van der Waals surface area contributed by atoms with Crippen LogP contribution in [0.1, 0.15) is 36.0 Å². The summed E-state index contributed by atoms with van der Waals surface area (Å²) in [4.78, 5) is 32.7. The lowest BCUT2D eigenvalue weighted by Crippen LogP contribution is -2.68. The Morgan fingerprint density at radius 3 is 2.39 bits per heavy atom. The standard InChI is InChI=1S/C31H42N4O9/c1-33(2)19-13-16(14-35-7-5-29(6-8-35)42-9-10-43-29)24(36)21-17(19)11-15-12-18-23(34(3)4)26(38)22(28(32)40)31(41)30(18,44-31)27(39)20(15)25(21)37/h13,15,18,22-23,26,36-38,41H,5-12,14H2,1-4H3,(H2,32,40)/t15-,18-,22?,23-,26?,30-,31?/m0/s1. The lowest BCUT2D eigenvalue weighted by atomic mass is 9.56. The van der Waals surface area contributed by atoms with Gasteiger partial charge in [0.15, 0.2) is 11.4 Å². The average molecular weight is 615 g/mol. The molecule has 3 aliphatic heterocycles. The molecule has 6 N–H and O–H groups in total. The number of aliphatic hydroxyl groups excluding tert-OH is 2. The van der Waals surface area contributed by atoms with Crippen molar-refractivity contribution < 1.29 is 44.2 Å². The number of ketones is 1. The summed E-state index contributed by atoms with van der Waals surface area (Å²) in [5, 5.41) is 46.3. The molecular weight excluding hydrogens is 572 g/mol. The molecule has 7 rings (SSSR count). The van der Waals surface area contributed by atoms with E-state index in [1.54, 1.807) is 19.0 Å². The smallest absolute Gasteiger partial charge is 0.228 e. The van der Waals surface area contributed by atoms with Gasteiger partial charge in [0.05, 0.1) is 24.9 Å². The molecule has 3 aliphatic carbocycles. The highest BCUT2D eigenvalue weighted by atomic mass is 16.8. The molecule has 3 unspecified atom stereocenters. The van der Waals surface area contributed by atoms with Crippen molar-refractivity contribution in [1.82, 2.24) is 9.80 Å². The number of amides is 1. The first-order valence-electron chi connectivity index (χ1n) is 15.4. The highest BCUT2D eigenvalue weighted by Gasteiger charge is 2.88. The molecule has 6 aliphatic rings. The number of hydrogen-bond acceptors (Lipinski definition) is 12. The summed E-state index contributed by atoms with van der Waals surface area (Å²) in [6.45, 7) is 3.03. The monoisotopic (exact) mass is 614 g/mol. The van der Waals surface area contributed by atoms with Gasteiger partial charge in [-0.05, 0) is 44.5 Å². The van der Waals surface area contributed by atoms with E-state index in [1.165, 1.54) is 0 Å². The van der Waals surface area contributed by atoms with Crippen LogP contribution in [-0.2, 0) is 36.8 Å². The molecule has 13 nitrogen and oxygen atoms in total. The molecule has 0 aromatic heterocycles. The van der Waals surface area contributed by atoms with E-state index < -0.39 is 58.8 Å². The molecule has 1 aromatic carbocycles. The number of carbonyl (C=O) groups is 2. The quantitative estimate of drug-likeness (QED) is 0.273. The zero-order chi connectivity index (χ0) is 31.5. The third-order valence-corrected chi connectivity index (χ3v) is 11.0. The van der Waals surface area contributed by atoms with Gasteiger partial charge in [-0.25, -0.2) is 0 Å². The number of benzene rings is 1. The summed E-state index contributed by atoms with van der Waals surface area (Å²) in [6, 6.07) is 1.23. The van der Waals surface area contributed by atoms with E-state index in [1.807, 2.05) is 25.1 Å². The average Bonchev–Trinajstić information content (AvgIpc) is 3.34. The largest absolute Gasteiger partial charge is 0.507 e. The Morgan fingerprint density at radius 1 is 1.14 bits per heavy atom. The number of rotatable bonds is 5. The maximum absolute atomic E-state index is 14.4. The molecule has 5 fully saturated rings. The van der Waals surface area contributed by atoms with Crippen molar-refractivity contribution in [2.45, 2.75) is 61.5 Å². The summed E-state index contributed by atoms with van der Waals surface area (Å²) in [7, 11) is 7.26. The van der Waals surface area contributed by atoms with Crippen molar-refractivity contribution in [3.05, 3.63) is 28.3 Å². The van der Waals surface area contributed by atoms with Gasteiger partial charge in [-0.2, -0.15) is 0 Å². The van der Waals surface area contributed by atoms with E-state index in [2.05, 4.69) is 4.90 Å². The second-order valence-corrected chi connectivity index (χ2v) is 13.7. The van der Waals surface area contributed by atoms with Gasteiger partial charge in [0.2, 0.25) is 17.5 Å². The summed E-state index contributed by atoms with van der Waals surface area (Å²) < 4.78 is 17.5. The van der Waals surface area contributed by atoms with E-state index in [9.17, 15) is 30.0 Å². The highest BCUT2D eigenvalue weighted by molar-refractivity contribution is 6.12. The van der Waals surface area contributed by atoms with E-state index in [0.717, 1.165) is 11.3 Å². The van der Waals surface area contributed by atoms with E-state index in [-0.39, 0.29) is 22.6 Å². The number of carbonyl (C=O) groups excluding carboxylic acids is 2. The van der Waals surface area contributed by atoms with Crippen molar-refractivity contribution >= 4 is 23.1 Å². The zero-order valence-corrected chi connectivity index (χ0v) is 25.6. The summed E-state index contributed by atoms with van der Waals surface area (Å²) in [5.41, 5.74) is 6.19. The van der Waals surface area contributed by atoms with Crippen LogP contribution < -0.4 is 10.6 Å². The van der Waals surface area contributed by atoms with Crippen LogP contribution in [0, 0.1) is 17.8 Å². The van der Waals surface area contributed by atoms with Crippen molar-refractivity contribution in [2.24, 2.45) is 23.5 Å². The van der Waals surface area contributed by atoms with Crippen LogP contribution in [-0.4, -0.2) is 126 Å². The van der Waals surface area contributed by atoms with Gasteiger partial charge in [-0.15, -0.1) is 0 Å². The molecule has 1 aromatic rings. The number of epoxide rings is 1. The number of ether oxygens (including phenoxy) is 3. The first-order valence-corrected chi connectivity index (χ1v) is 15.4. The lowest BCUT2D eigenvalue weighted by molar-refractivity contribution is -0.185. The van der Waals surface area contributed by atoms with Crippen LogP contribution >= 0.6 is 0 Å². The number of anilines is 1. The van der Waals surface area contributed by atoms with Crippen LogP contribution in [0.4, 0.5) is 5.69 Å². The fourth-order valence-electron chi connectivity index (χ4n) is 8.96. The summed E-state index contributed by atoms with van der Waals surface area (Å²) in [5.74, 6) is -7.54. The van der Waals surface area contributed by atoms with Crippen LogP contribution in [0.25, 0.3) is 5.76 Å². The minimum absolute atomic E-state index is 0.0643. The lowest BCUT2D eigenvalue weighted by Gasteiger charge is -2.49. The van der Waals surface area contributed by atoms with Gasteiger partial charge in [0, 0.05) is 75.4 Å². The molecule has 3 heterocycles. The molecule has 2 spiro atoms. The second kappa shape index (κ2) is 9.86. The van der Waals surface area contributed by atoms with Crippen LogP contribution in [0.5, 0.6) is 5.75 Å². The number of phenols is 1. The van der Waals surface area contributed by atoms with Crippen LogP contribution in [0.2, 0.25) is 0 Å². The first-order chi connectivity index (χ1) is 20.8. The number of nitrogens with two attached hydrogens (primary N) is 1. The Hall–Kier alpha value is -2.78. The van der Waals surface area contributed by atoms with Crippen molar-refractivity contribution in [3.8, 4) is 5.75 Å². The number of Topliss-reactive ketones (excluding diaryl/α,β-unsaturated/α-hetero) is 1. The summed E-state index contributed by atoms with van der Waals surface area (Å²) >= 11 is 0. The number of primary amides is 1. The Morgan fingerprint density at radius 2 is 1.80 bits per heavy atom. The van der Waals surface area contributed by atoms with Crippen LogP contribution in [0.15, 0.2) is 11.6 Å². The zero-order valence-electron chi connectivity index (χ0n) is 25.6. The third kappa shape index (κ3) is 3.90. The van der Waals surface area contributed by atoms with Crippen molar-refractivity contribution in [3.63, 3.8) is 0 Å². The number of aliphatic hydroxyl groups is 3. The third-order valence-electron chi connectivity index (χ3n) is 11.0. The molecule has 2 saturated carbocycles. The van der Waals surface area contributed by atoms with Crippen LogP contribution in [0.3, 0.4) is 0 Å². The molecule has 240 valence electrons.